The smallest absolute Gasteiger partial charge is 0.320 e. The Bertz CT molecular complexity index is 802. The molecule has 0 atom stereocenters. The lowest BCUT2D eigenvalue weighted by atomic mass is 10.3. The molecule has 0 saturated heterocycles. The van der Waals surface area contributed by atoms with Crippen molar-refractivity contribution in [3.05, 3.63) is 26.7 Å². The van der Waals surface area contributed by atoms with Gasteiger partial charge in [-0.2, -0.15) is 8.78 Å². The van der Waals surface area contributed by atoms with E-state index in [4.69, 9.17) is 0 Å². The summed E-state index contributed by atoms with van der Waals surface area (Å²) in [6.07, 6.45) is -3.97. The predicted molar refractivity (Wildman–Crippen MR) is 61.1 cm³/mol. The van der Waals surface area contributed by atoms with Crippen molar-refractivity contribution >= 4 is 11.2 Å². The summed E-state index contributed by atoms with van der Waals surface area (Å²) in [4.78, 5) is 26.9. The summed E-state index contributed by atoms with van der Waals surface area (Å²) < 4.78 is 53.8. The van der Waals surface area contributed by atoms with Crippen molar-refractivity contribution in [1.82, 2.24) is 18.7 Å². The molecule has 0 aliphatic rings. The second-order valence-corrected chi connectivity index (χ2v) is 4.30. The Balaban J connectivity index is 2.99. The third kappa shape index (κ3) is 1.67. The Kier molecular flexibility index (Phi) is 2.99. The molecule has 2 rings (SSSR count). The fourth-order valence-electron chi connectivity index (χ4n) is 1.91. The molecule has 0 unspecified atom stereocenters. The largest absolute Gasteiger partial charge is 0.364 e. The first kappa shape index (κ1) is 14.3. The molecule has 0 saturated carbocycles. The minimum absolute atomic E-state index is 0.343. The average molecular weight is 294 g/mol. The van der Waals surface area contributed by atoms with E-state index >= 15 is 0 Å². The summed E-state index contributed by atoms with van der Waals surface area (Å²) in [6.45, 7) is 0. The van der Waals surface area contributed by atoms with E-state index in [0.29, 0.717) is 9.13 Å². The Morgan fingerprint density at radius 2 is 1.60 bits per heavy atom. The summed E-state index contributed by atoms with van der Waals surface area (Å²) in [6, 6.07) is 0. The summed E-state index contributed by atoms with van der Waals surface area (Å²) in [7, 11) is 3.39. The van der Waals surface area contributed by atoms with Gasteiger partial charge < -0.3 is 4.57 Å². The van der Waals surface area contributed by atoms with Crippen molar-refractivity contribution < 1.29 is 17.6 Å². The molecule has 0 fully saturated rings. The molecule has 0 aliphatic heterocycles. The lowest BCUT2D eigenvalue weighted by Crippen LogP contribution is -2.37. The Morgan fingerprint density at radius 1 is 1.05 bits per heavy atom. The van der Waals surface area contributed by atoms with E-state index in [1.165, 1.54) is 7.05 Å². The predicted octanol–water partition coefficient (Wildman–Crippen LogP) is 0.328. The Labute approximate surface area is 108 Å². The molecule has 2 heterocycles. The van der Waals surface area contributed by atoms with Gasteiger partial charge in [0.15, 0.2) is 17.0 Å². The highest BCUT2D eigenvalue weighted by Crippen LogP contribution is 2.34. The lowest BCUT2D eigenvalue weighted by molar-refractivity contribution is -0.142. The highest BCUT2D eigenvalue weighted by Gasteiger charge is 2.47. The van der Waals surface area contributed by atoms with E-state index in [9.17, 15) is 27.2 Å². The zero-order valence-corrected chi connectivity index (χ0v) is 10.7. The molecule has 10 heteroatoms. The monoisotopic (exact) mass is 294 g/mol. The van der Waals surface area contributed by atoms with E-state index < -0.39 is 29.4 Å². The molecule has 0 radical (unpaired) electrons. The Hall–Kier alpha value is -2.13. The molecule has 6 nitrogen and oxygen atoms in total. The molecule has 0 N–H and O–H groups in total. The SMILES string of the molecule is Cn1c(=O)c2c(nc(C(F)(F)C(F)F)n2C)n(C)c1=O. The van der Waals surface area contributed by atoms with Crippen LogP contribution >= 0.6 is 0 Å². The first-order valence-electron chi connectivity index (χ1n) is 5.39. The maximum absolute atomic E-state index is 13.4. The van der Waals surface area contributed by atoms with Gasteiger partial charge in [0, 0.05) is 21.1 Å². The zero-order valence-electron chi connectivity index (χ0n) is 10.7. The second kappa shape index (κ2) is 4.18. The normalized spacial score (nSPS) is 12.6. The molecule has 0 spiro atoms. The Morgan fingerprint density at radius 3 is 2.10 bits per heavy atom. The molecule has 2 aromatic heterocycles. The van der Waals surface area contributed by atoms with Gasteiger partial charge in [-0.15, -0.1) is 0 Å². The van der Waals surface area contributed by atoms with Gasteiger partial charge in [-0.1, -0.05) is 0 Å². The molecular weight excluding hydrogens is 284 g/mol. The highest BCUT2D eigenvalue weighted by atomic mass is 19.3. The number of imidazole rings is 1. The van der Waals surface area contributed by atoms with Crippen LogP contribution < -0.4 is 11.2 Å². The van der Waals surface area contributed by atoms with Gasteiger partial charge in [0.2, 0.25) is 0 Å². The molecule has 20 heavy (non-hydrogen) atoms. The molecule has 0 aliphatic carbocycles. The van der Waals surface area contributed by atoms with Crippen molar-refractivity contribution in [1.29, 1.82) is 0 Å². The van der Waals surface area contributed by atoms with E-state index in [1.807, 2.05) is 0 Å². The molecule has 0 bridgehead atoms. The second-order valence-electron chi connectivity index (χ2n) is 4.30. The first-order valence-corrected chi connectivity index (χ1v) is 5.39. The standard InChI is InChI=1S/C10H10F4N4O2/c1-16-4-5(15-8(16)10(13,14)7(11)12)17(2)9(20)18(3)6(4)19/h7H,1-3H3. The number of aromatic nitrogens is 4. The van der Waals surface area contributed by atoms with Crippen LogP contribution in [0.1, 0.15) is 5.82 Å². The number of hydrogen-bond acceptors (Lipinski definition) is 3. The van der Waals surface area contributed by atoms with Crippen molar-refractivity contribution in [2.24, 2.45) is 21.1 Å². The zero-order chi connectivity index (χ0) is 15.4. The topological polar surface area (TPSA) is 61.8 Å². The van der Waals surface area contributed by atoms with Crippen LogP contribution in [0.5, 0.6) is 0 Å². The maximum atomic E-state index is 13.4. The number of fused-ring (bicyclic) bond motifs is 1. The van der Waals surface area contributed by atoms with Crippen LogP contribution in [0.3, 0.4) is 0 Å². The summed E-state index contributed by atoms with van der Waals surface area (Å²) in [5, 5.41) is 0. The van der Waals surface area contributed by atoms with Crippen LogP contribution in [0.25, 0.3) is 11.2 Å². The molecule has 2 aromatic rings. The number of rotatable bonds is 2. The lowest BCUT2D eigenvalue weighted by Gasteiger charge is -2.14. The summed E-state index contributed by atoms with van der Waals surface area (Å²) >= 11 is 0. The van der Waals surface area contributed by atoms with Crippen LogP contribution in [0.15, 0.2) is 9.59 Å². The van der Waals surface area contributed by atoms with Gasteiger partial charge in [-0.05, 0) is 0 Å². The molecule has 0 aromatic carbocycles. The van der Waals surface area contributed by atoms with Crippen LogP contribution in [-0.2, 0) is 27.1 Å². The number of halogens is 4. The molecule has 110 valence electrons. The van der Waals surface area contributed by atoms with Crippen LogP contribution in [-0.4, -0.2) is 25.1 Å². The summed E-state index contributed by atoms with van der Waals surface area (Å²) in [5.41, 5.74) is -2.37. The van der Waals surface area contributed by atoms with Crippen LogP contribution in [0.2, 0.25) is 0 Å². The van der Waals surface area contributed by atoms with Crippen LogP contribution in [0, 0.1) is 0 Å². The number of hydrogen-bond donors (Lipinski definition) is 0. The summed E-state index contributed by atoms with van der Waals surface area (Å²) in [5.74, 6) is -5.78. The van der Waals surface area contributed by atoms with Gasteiger partial charge in [0.25, 0.3) is 5.56 Å². The van der Waals surface area contributed by atoms with Gasteiger partial charge in [0.05, 0.1) is 0 Å². The minimum atomic E-state index is -4.52. The van der Waals surface area contributed by atoms with E-state index in [1.54, 1.807) is 0 Å². The quantitative estimate of drug-likeness (QED) is 0.750. The van der Waals surface area contributed by atoms with E-state index in [0.717, 1.165) is 18.7 Å². The van der Waals surface area contributed by atoms with Crippen molar-refractivity contribution in [2.75, 3.05) is 0 Å². The maximum Gasteiger partial charge on any atom is 0.364 e. The highest BCUT2D eigenvalue weighted by molar-refractivity contribution is 5.71. The van der Waals surface area contributed by atoms with Gasteiger partial charge in [0.1, 0.15) is 0 Å². The van der Waals surface area contributed by atoms with Crippen molar-refractivity contribution in [3.63, 3.8) is 0 Å². The van der Waals surface area contributed by atoms with E-state index in [-0.39, 0.29) is 11.2 Å². The number of nitrogens with zero attached hydrogens (tertiary/aromatic N) is 4. The van der Waals surface area contributed by atoms with Crippen LogP contribution in [0.4, 0.5) is 17.6 Å². The third-order valence-corrected chi connectivity index (χ3v) is 3.05. The van der Waals surface area contributed by atoms with Crippen molar-refractivity contribution in [3.8, 4) is 0 Å². The molecular formula is C10H10F4N4O2. The average Bonchev–Trinajstić information content (AvgIpc) is 2.72. The van der Waals surface area contributed by atoms with Gasteiger partial charge >= 0.3 is 18.0 Å². The third-order valence-electron chi connectivity index (χ3n) is 3.05. The first-order chi connectivity index (χ1) is 9.10. The number of aryl methyl sites for hydroxylation is 2. The van der Waals surface area contributed by atoms with Gasteiger partial charge in [-0.25, -0.2) is 18.6 Å². The van der Waals surface area contributed by atoms with Crippen molar-refractivity contribution in [2.45, 2.75) is 12.3 Å². The fourth-order valence-corrected chi connectivity index (χ4v) is 1.91. The molecule has 0 amide bonds. The minimum Gasteiger partial charge on any atom is -0.320 e. The number of alkyl halides is 4. The van der Waals surface area contributed by atoms with Gasteiger partial charge in [-0.3, -0.25) is 13.9 Å². The fraction of sp³-hybridized carbons (Fsp3) is 0.500. The van der Waals surface area contributed by atoms with E-state index in [2.05, 4.69) is 4.98 Å².